The molecule has 1 nitrogen and oxygen atoms in total. The van der Waals surface area contributed by atoms with E-state index in [1.54, 1.807) is 11.8 Å². The number of hydrogen-bond acceptors (Lipinski definition) is 3. The van der Waals surface area contributed by atoms with Gasteiger partial charge >= 0.3 is 0 Å². The van der Waals surface area contributed by atoms with E-state index in [0.29, 0.717) is 0 Å². The second-order valence-electron chi connectivity index (χ2n) is 3.92. The van der Waals surface area contributed by atoms with Crippen molar-refractivity contribution in [1.82, 2.24) is 0 Å². The summed E-state index contributed by atoms with van der Waals surface area (Å²) in [4.78, 5) is 2.53. The Morgan fingerprint density at radius 1 is 1.13 bits per heavy atom. The van der Waals surface area contributed by atoms with Gasteiger partial charge in [0.25, 0.3) is 0 Å². The van der Waals surface area contributed by atoms with Crippen molar-refractivity contribution in [2.45, 2.75) is 35.3 Å². The molecule has 0 radical (unpaired) electrons. The summed E-state index contributed by atoms with van der Waals surface area (Å²) in [5.41, 5.74) is 0. The molecular weight excluding hydrogens is 224 g/mol. The Morgan fingerprint density at radius 3 is 2.13 bits per heavy atom. The molecule has 3 heteroatoms. The number of aliphatic hydroxyl groups excluding tert-OH is 1. The summed E-state index contributed by atoms with van der Waals surface area (Å²) in [5, 5.41) is 9.17. The third kappa shape index (κ3) is 4.49. The van der Waals surface area contributed by atoms with Gasteiger partial charge in [-0.1, -0.05) is 6.92 Å². The van der Waals surface area contributed by atoms with Crippen LogP contribution in [0.2, 0.25) is 0 Å². The quantitative estimate of drug-likeness (QED) is 0.796. The van der Waals surface area contributed by atoms with Crippen molar-refractivity contribution in [2.24, 2.45) is 0 Å². The molecule has 0 amide bonds. The third-order valence-electron chi connectivity index (χ3n) is 1.91. The van der Waals surface area contributed by atoms with E-state index in [9.17, 15) is 0 Å². The predicted octanol–water partition coefficient (Wildman–Crippen LogP) is 3.66. The van der Waals surface area contributed by atoms with Crippen LogP contribution in [0.25, 0.3) is 0 Å². The fourth-order valence-electron chi connectivity index (χ4n) is 1.12. The maximum atomic E-state index is 9.17. The fraction of sp³-hybridized carbons (Fsp3) is 0.500. The Balaban J connectivity index is 2.64. The first-order chi connectivity index (χ1) is 7.07. The molecule has 1 rings (SSSR count). The van der Waals surface area contributed by atoms with E-state index in [0.717, 1.165) is 5.75 Å². The van der Waals surface area contributed by atoms with Crippen LogP contribution in [-0.4, -0.2) is 22.2 Å². The average molecular weight is 242 g/mol. The van der Waals surface area contributed by atoms with Crippen LogP contribution >= 0.6 is 23.5 Å². The van der Waals surface area contributed by atoms with E-state index >= 15 is 0 Å². The summed E-state index contributed by atoms with van der Waals surface area (Å²) in [6, 6.07) is 8.54. The summed E-state index contributed by atoms with van der Waals surface area (Å²) < 4.78 is -0.0978. The van der Waals surface area contributed by atoms with Gasteiger partial charge in [-0.25, -0.2) is 0 Å². The molecule has 0 atom stereocenters. The molecule has 0 aliphatic heterocycles. The highest BCUT2D eigenvalue weighted by Crippen LogP contribution is 2.32. The Labute approximate surface area is 101 Å². The minimum absolute atomic E-state index is 0.0978. The van der Waals surface area contributed by atoms with Crippen LogP contribution < -0.4 is 0 Å². The smallest absolute Gasteiger partial charge is 0.0576 e. The maximum absolute atomic E-state index is 9.17. The third-order valence-corrected chi connectivity index (χ3v) is 3.99. The van der Waals surface area contributed by atoms with Crippen molar-refractivity contribution in [2.75, 3.05) is 12.4 Å². The first kappa shape index (κ1) is 12.9. The summed E-state index contributed by atoms with van der Waals surface area (Å²) in [7, 11) is 0. The van der Waals surface area contributed by atoms with Crippen LogP contribution in [-0.2, 0) is 0 Å². The van der Waals surface area contributed by atoms with Crippen molar-refractivity contribution in [1.29, 1.82) is 0 Å². The van der Waals surface area contributed by atoms with Crippen LogP contribution in [0.4, 0.5) is 0 Å². The number of hydrogen-bond donors (Lipinski definition) is 1. The Morgan fingerprint density at radius 2 is 1.67 bits per heavy atom. The molecule has 0 saturated heterocycles. The minimum atomic E-state index is -0.0978. The number of benzene rings is 1. The van der Waals surface area contributed by atoms with E-state index in [1.165, 1.54) is 9.79 Å². The van der Waals surface area contributed by atoms with Crippen LogP contribution in [0, 0.1) is 0 Å². The molecule has 0 aliphatic rings. The molecule has 1 N–H and O–H groups in total. The van der Waals surface area contributed by atoms with Gasteiger partial charge in [-0.15, -0.1) is 23.5 Å². The second kappa shape index (κ2) is 5.83. The molecule has 15 heavy (non-hydrogen) atoms. The van der Waals surface area contributed by atoms with Crippen LogP contribution in [0.15, 0.2) is 34.1 Å². The Kier molecular flexibility index (Phi) is 5.03. The summed E-state index contributed by atoms with van der Waals surface area (Å²) in [6.07, 6.45) is 0. The molecule has 1 aromatic carbocycles. The zero-order valence-corrected chi connectivity index (χ0v) is 11.1. The number of thioether (sulfide) groups is 2. The van der Waals surface area contributed by atoms with Crippen molar-refractivity contribution < 1.29 is 5.11 Å². The molecule has 84 valence electrons. The molecule has 0 heterocycles. The Bertz CT molecular complexity index is 293. The standard InChI is InChI=1S/C12H18OS2/c1-4-14-10-5-7-11(8-6-10)15-12(2,3)9-13/h5-8,13H,4,9H2,1-3H3. The first-order valence-electron chi connectivity index (χ1n) is 5.10. The zero-order valence-electron chi connectivity index (χ0n) is 9.49. The minimum Gasteiger partial charge on any atom is -0.395 e. The lowest BCUT2D eigenvalue weighted by molar-refractivity contribution is 0.265. The summed E-state index contributed by atoms with van der Waals surface area (Å²) >= 11 is 3.56. The summed E-state index contributed by atoms with van der Waals surface area (Å²) in [5.74, 6) is 1.11. The topological polar surface area (TPSA) is 20.2 Å². The van der Waals surface area contributed by atoms with Gasteiger partial charge in [0.05, 0.1) is 6.61 Å². The molecule has 0 bridgehead atoms. The molecule has 0 fully saturated rings. The Hall–Kier alpha value is -0.120. The number of aliphatic hydroxyl groups is 1. The van der Waals surface area contributed by atoms with E-state index in [2.05, 4.69) is 31.2 Å². The van der Waals surface area contributed by atoms with Gasteiger partial charge in [-0.2, -0.15) is 0 Å². The summed E-state index contributed by atoms with van der Waals surface area (Å²) in [6.45, 7) is 6.45. The lowest BCUT2D eigenvalue weighted by Crippen LogP contribution is -2.19. The first-order valence-corrected chi connectivity index (χ1v) is 6.90. The van der Waals surface area contributed by atoms with Crippen LogP contribution in [0.5, 0.6) is 0 Å². The SMILES string of the molecule is CCSc1ccc(SC(C)(C)CO)cc1. The van der Waals surface area contributed by atoms with Crippen molar-refractivity contribution in [3.8, 4) is 0 Å². The van der Waals surface area contributed by atoms with Gasteiger partial charge in [-0.3, -0.25) is 0 Å². The van der Waals surface area contributed by atoms with Crippen LogP contribution in [0.1, 0.15) is 20.8 Å². The highest BCUT2D eigenvalue weighted by Gasteiger charge is 2.17. The largest absolute Gasteiger partial charge is 0.395 e. The second-order valence-corrected chi connectivity index (χ2v) is 7.04. The van der Waals surface area contributed by atoms with E-state index in [-0.39, 0.29) is 11.4 Å². The molecule has 0 aromatic heterocycles. The fourth-order valence-corrected chi connectivity index (χ4v) is 2.76. The molecule has 1 aromatic rings. The monoisotopic (exact) mass is 242 g/mol. The van der Waals surface area contributed by atoms with Gasteiger partial charge in [0.15, 0.2) is 0 Å². The molecule has 0 saturated carbocycles. The van der Waals surface area contributed by atoms with Gasteiger partial charge in [-0.05, 0) is 43.9 Å². The normalized spacial score (nSPS) is 11.7. The van der Waals surface area contributed by atoms with Gasteiger partial charge < -0.3 is 5.11 Å². The lowest BCUT2D eigenvalue weighted by atomic mass is 10.2. The lowest BCUT2D eigenvalue weighted by Gasteiger charge is -2.20. The maximum Gasteiger partial charge on any atom is 0.0576 e. The van der Waals surface area contributed by atoms with Crippen molar-refractivity contribution in [3.05, 3.63) is 24.3 Å². The van der Waals surface area contributed by atoms with Crippen molar-refractivity contribution in [3.63, 3.8) is 0 Å². The molecule has 0 spiro atoms. The molecule has 0 aliphatic carbocycles. The predicted molar refractivity (Wildman–Crippen MR) is 69.9 cm³/mol. The van der Waals surface area contributed by atoms with Gasteiger partial charge in [0.1, 0.15) is 0 Å². The zero-order chi connectivity index (χ0) is 11.3. The average Bonchev–Trinajstić information content (AvgIpc) is 2.21. The van der Waals surface area contributed by atoms with Crippen molar-refractivity contribution >= 4 is 23.5 Å². The van der Waals surface area contributed by atoms with E-state index < -0.39 is 0 Å². The number of rotatable bonds is 5. The molecule has 0 unspecified atom stereocenters. The van der Waals surface area contributed by atoms with Crippen LogP contribution in [0.3, 0.4) is 0 Å². The molecular formula is C12H18OS2. The van der Waals surface area contributed by atoms with E-state index in [1.807, 2.05) is 25.6 Å². The van der Waals surface area contributed by atoms with Gasteiger partial charge in [0, 0.05) is 14.5 Å². The highest BCUT2D eigenvalue weighted by atomic mass is 32.2. The van der Waals surface area contributed by atoms with E-state index in [4.69, 9.17) is 5.11 Å². The van der Waals surface area contributed by atoms with Gasteiger partial charge in [0.2, 0.25) is 0 Å². The highest BCUT2D eigenvalue weighted by molar-refractivity contribution is 8.00.